The van der Waals surface area contributed by atoms with Crippen molar-refractivity contribution in [1.82, 2.24) is 4.90 Å². The van der Waals surface area contributed by atoms with Crippen LogP contribution in [0.2, 0.25) is 5.04 Å². The number of carboxylic acids is 1. The predicted molar refractivity (Wildman–Crippen MR) is 184 cm³/mol. The second kappa shape index (κ2) is 18.0. The van der Waals surface area contributed by atoms with E-state index in [4.69, 9.17) is 14.3 Å². The van der Waals surface area contributed by atoms with E-state index in [1.54, 1.807) is 0 Å². The summed E-state index contributed by atoms with van der Waals surface area (Å²) in [4.78, 5) is 26.2. The van der Waals surface area contributed by atoms with Gasteiger partial charge in [-0.1, -0.05) is 119 Å². The molecule has 7 heteroatoms. The van der Waals surface area contributed by atoms with Gasteiger partial charge in [-0.2, -0.15) is 0 Å². The minimum Gasteiger partial charge on any atom is -0.481 e. The third-order valence-corrected chi connectivity index (χ3v) is 12.6. The zero-order valence-corrected chi connectivity index (χ0v) is 29.1. The van der Waals surface area contributed by atoms with E-state index in [0.29, 0.717) is 19.6 Å². The van der Waals surface area contributed by atoms with Crippen LogP contribution in [0.15, 0.2) is 85.0 Å². The molecule has 1 atom stereocenters. The Bertz CT molecular complexity index is 1140. The van der Waals surface area contributed by atoms with Gasteiger partial charge in [0, 0.05) is 19.0 Å². The van der Waals surface area contributed by atoms with Crippen molar-refractivity contribution in [2.45, 2.75) is 110 Å². The number of carbonyl (C=O) groups is 2. The van der Waals surface area contributed by atoms with Crippen LogP contribution in [0.4, 0.5) is 4.79 Å². The van der Waals surface area contributed by atoms with E-state index in [2.05, 4.69) is 94.5 Å². The first-order valence-electron chi connectivity index (χ1n) is 16.1. The van der Waals surface area contributed by atoms with E-state index in [1.807, 2.05) is 43.9 Å². The molecule has 0 unspecified atom stereocenters. The lowest BCUT2D eigenvalue weighted by atomic mass is 10.1. The van der Waals surface area contributed by atoms with Gasteiger partial charge in [-0.05, 0) is 68.3 Å². The van der Waals surface area contributed by atoms with Gasteiger partial charge in [0.25, 0.3) is 8.32 Å². The Balaban J connectivity index is 2.29. The molecule has 1 amide bonds. The first-order chi connectivity index (χ1) is 20.8. The van der Waals surface area contributed by atoms with Crippen LogP contribution >= 0.6 is 0 Å². The molecular weight excluding hydrogens is 566 g/mol. The number of unbranched alkanes of at least 4 members (excludes halogenated alkanes) is 1. The van der Waals surface area contributed by atoms with E-state index >= 15 is 0 Å². The van der Waals surface area contributed by atoms with Crippen molar-refractivity contribution in [1.29, 1.82) is 0 Å². The van der Waals surface area contributed by atoms with Gasteiger partial charge >= 0.3 is 12.1 Å². The SMILES string of the molecule is CCC[C@@H](C/C=C\C/C=C\CCCC(=O)O)N(CCO[Si](c1ccccc1)(c1ccccc1)C(C)(C)C)C(=O)OC(C)(C)C. The highest BCUT2D eigenvalue weighted by molar-refractivity contribution is 6.99. The maximum Gasteiger partial charge on any atom is 0.410 e. The van der Waals surface area contributed by atoms with Crippen LogP contribution < -0.4 is 10.4 Å². The first kappa shape index (κ1) is 37.0. The van der Waals surface area contributed by atoms with Crippen molar-refractivity contribution in [3.05, 3.63) is 85.0 Å². The molecule has 0 heterocycles. The van der Waals surface area contributed by atoms with Gasteiger partial charge < -0.3 is 19.2 Å². The quantitative estimate of drug-likeness (QED) is 0.110. The first-order valence-corrected chi connectivity index (χ1v) is 18.0. The third kappa shape index (κ3) is 11.7. The Morgan fingerprint density at radius 1 is 0.886 bits per heavy atom. The van der Waals surface area contributed by atoms with Crippen LogP contribution in [-0.4, -0.2) is 55.2 Å². The minimum atomic E-state index is -2.74. The summed E-state index contributed by atoms with van der Waals surface area (Å²) in [5.74, 6) is -0.758. The van der Waals surface area contributed by atoms with Gasteiger partial charge in [0.05, 0.1) is 6.61 Å². The number of ether oxygens (including phenoxy) is 1. The fourth-order valence-electron chi connectivity index (χ4n) is 5.55. The third-order valence-electron chi connectivity index (χ3n) is 7.53. The number of amides is 1. The van der Waals surface area contributed by atoms with E-state index in [-0.39, 0.29) is 23.6 Å². The number of nitrogens with zero attached hydrogens (tertiary/aromatic N) is 1. The van der Waals surface area contributed by atoms with E-state index < -0.39 is 19.9 Å². The average Bonchev–Trinajstić information content (AvgIpc) is 2.95. The van der Waals surface area contributed by atoms with Crippen molar-refractivity contribution in [2.75, 3.05) is 13.2 Å². The summed E-state index contributed by atoms with van der Waals surface area (Å²) in [7, 11) is -2.74. The molecule has 0 bridgehead atoms. The molecule has 2 rings (SSSR count). The van der Waals surface area contributed by atoms with Crippen LogP contribution in [0.25, 0.3) is 0 Å². The molecule has 242 valence electrons. The number of carbonyl (C=O) groups excluding carboxylic acids is 1. The van der Waals surface area contributed by atoms with Crippen molar-refractivity contribution in [2.24, 2.45) is 0 Å². The molecule has 0 aliphatic rings. The largest absolute Gasteiger partial charge is 0.481 e. The van der Waals surface area contributed by atoms with Gasteiger partial charge in [0.2, 0.25) is 0 Å². The summed E-state index contributed by atoms with van der Waals surface area (Å²) in [6, 6.07) is 21.1. The lowest BCUT2D eigenvalue weighted by Gasteiger charge is -2.43. The maximum atomic E-state index is 13.6. The van der Waals surface area contributed by atoms with Crippen LogP contribution in [0, 0.1) is 0 Å². The van der Waals surface area contributed by atoms with Crippen molar-refractivity contribution in [3.63, 3.8) is 0 Å². The Labute approximate surface area is 267 Å². The Kier molecular flexibility index (Phi) is 15.1. The lowest BCUT2D eigenvalue weighted by Crippen LogP contribution is -2.67. The minimum absolute atomic E-state index is 0.0200. The number of carboxylic acid groups (broad SMARTS) is 1. The number of hydrogen-bond acceptors (Lipinski definition) is 4. The van der Waals surface area contributed by atoms with Crippen molar-refractivity contribution < 1.29 is 23.9 Å². The molecule has 0 saturated carbocycles. The van der Waals surface area contributed by atoms with E-state index in [9.17, 15) is 9.59 Å². The fraction of sp³-hybridized carbons (Fsp3) is 0.514. The molecule has 0 aromatic heterocycles. The summed E-state index contributed by atoms with van der Waals surface area (Å²) < 4.78 is 13.0. The van der Waals surface area contributed by atoms with Crippen molar-refractivity contribution >= 4 is 30.8 Å². The molecule has 0 aliphatic heterocycles. The molecule has 44 heavy (non-hydrogen) atoms. The van der Waals surface area contributed by atoms with E-state index in [1.165, 1.54) is 10.4 Å². The van der Waals surface area contributed by atoms with E-state index in [0.717, 1.165) is 32.1 Å². The van der Waals surface area contributed by atoms with Crippen molar-refractivity contribution in [3.8, 4) is 0 Å². The molecule has 0 saturated heterocycles. The summed E-state index contributed by atoms with van der Waals surface area (Å²) in [6.07, 6.45) is 12.9. The summed E-state index contributed by atoms with van der Waals surface area (Å²) >= 11 is 0. The topological polar surface area (TPSA) is 76.1 Å². The maximum absolute atomic E-state index is 13.6. The molecule has 1 N–H and O–H groups in total. The van der Waals surface area contributed by atoms with Crippen LogP contribution in [-0.2, 0) is 14.0 Å². The Hall–Kier alpha value is -3.16. The second-order valence-electron chi connectivity index (χ2n) is 13.3. The molecule has 0 aliphatic carbocycles. The number of allylic oxidation sites excluding steroid dienone is 3. The van der Waals surface area contributed by atoms with Gasteiger partial charge in [0.15, 0.2) is 0 Å². The van der Waals surface area contributed by atoms with Gasteiger partial charge in [-0.25, -0.2) is 4.79 Å². The number of rotatable bonds is 17. The molecule has 2 aromatic rings. The summed E-state index contributed by atoms with van der Waals surface area (Å²) in [5.41, 5.74) is -0.605. The van der Waals surface area contributed by atoms with Gasteiger partial charge in [-0.3, -0.25) is 4.79 Å². The highest BCUT2D eigenvalue weighted by Crippen LogP contribution is 2.36. The normalized spacial score (nSPS) is 13.3. The second-order valence-corrected chi connectivity index (χ2v) is 17.6. The van der Waals surface area contributed by atoms with Crippen LogP contribution in [0.5, 0.6) is 0 Å². The molecule has 0 spiro atoms. The highest BCUT2D eigenvalue weighted by Gasteiger charge is 2.50. The van der Waals surface area contributed by atoms with Gasteiger partial charge in [-0.15, -0.1) is 0 Å². The molecule has 0 radical (unpaired) electrons. The standard InChI is InChI=1S/C37H55NO5Si/c1-8-22-31(23-16-12-10-9-11-13-21-28-34(39)40)38(35(41)43-36(2,3)4)29-30-42-44(37(5,6)7,32-24-17-14-18-25-32)33-26-19-15-20-27-33/h9,11-12,14-20,24-27,31H,8,10,13,21-23,28-30H2,1-7H3,(H,39,40)/b11-9-,16-12-/t31-/m0/s1. The van der Waals surface area contributed by atoms with Crippen LogP contribution in [0.1, 0.15) is 93.4 Å². The molecular formula is C37H55NO5Si. The molecule has 6 nitrogen and oxygen atoms in total. The zero-order valence-electron chi connectivity index (χ0n) is 28.1. The predicted octanol–water partition coefficient (Wildman–Crippen LogP) is 8.12. The number of benzene rings is 2. The molecule has 2 aromatic carbocycles. The monoisotopic (exact) mass is 621 g/mol. The smallest absolute Gasteiger partial charge is 0.410 e. The number of hydrogen-bond donors (Lipinski definition) is 1. The molecule has 0 fully saturated rings. The average molecular weight is 622 g/mol. The fourth-order valence-corrected chi connectivity index (χ4v) is 10.1. The van der Waals surface area contributed by atoms with Crippen LogP contribution in [0.3, 0.4) is 0 Å². The van der Waals surface area contributed by atoms with Gasteiger partial charge in [0.1, 0.15) is 5.60 Å². The highest BCUT2D eigenvalue weighted by atomic mass is 28.4. The summed E-state index contributed by atoms with van der Waals surface area (Å²) in [6.45, 7) is 15.5. The number of aliphatic carboxylic acids is 1. The summed E-state index contributed by atoms with van der Waals surface area (Å²) in [5, 5.41) is 11.1. The lowest BCUT2D eigenvalue weighted by molar-refractivity contribution is -0.137. The Morgan fingerprint density at radius 3 is 1.95 bits per heavy atom. The zero-order chi connectivity index (χ0) is 32.6. The Morgan fingerprint density at radius 2 is 1.45 bits per heavy atom.